The number of carbonyl (C=O) groups excluding carboxylic acids is 1. The molecule has 0 saturated carbocycles. The summed E-state index contributed by atoms with van der Waals surface area (Å²) in [5.74, 6) is -0.306. The minimum atomic E-state index is -0.536. The lowest BCUT2D eigenvalue weighted by atomic mass is 10.2. The van der Waals surface area contributed by atoms with Crippen molar-refractivity contribution in [3.8, 4) is 0 Å². The first-order chi connectivity index (χ1) is 8.04. The second kappa shape index (κ2) is 6.93. The van der Waals surface area contributed by atoms with Crippen LogP contribution in [0.1, 0.15) is 19.8 Å². The van der Waals surface area contributed by atoms with Gasteiger partial charge in [-0.1, -0.05) is 0 Å². The normalized spacial score (nSPS) is 23.0. The summed E-state index contributed by atoms with van der Waals surface area (Å²) in [6.07, 6.45) is 2.49. The van der Waals surface area contributed by atoms with Gasteiger partial charge < -0.3 is 20.3 Å². The molecule has 2 atom stereocenters. The number of nitrogens with two attached hydrogens (primary N) is 1. The van der Waals surface area contributed by atoms with Crippen molar-refractivity contribution >= 4 is 5.97 Å². The molecule has 0 aromatic carbocycles. The molecule has 0 aromatic heterocycles. The van der Waals surface area contributed by atoms with E-state index in [0.717, 1.165) is 6.54 Å². The average Bonchev–Trinajstić information content (AvgIpc) is 2.64. The minimum Gasteiger partial charge on any atom is -0.465 e. The number of likely N-dealkylation sites (tertiary alicyclic amines) is 1. The Morgan fingerprint density at radius 2 is 2.35 bits per heavy atom. The lowest BCUT2D eigenvalue weighted by Gasteiger charge is -2.27. The number of hydrogen-bond donors (Lipinski definition) is 1. The Morgan fingerprint density at radius 1 is 1.65 bits per heavy atom. The summed E-state index contributed by atoms with van der Waals surface area (Å²) in [6.45, 7) is 4.87. The quantitative estimate of drug-likeness (QED) is 0.660. The lowest BCUT2D eigenvalue weighted by molar-refractivity contribution is -0.145. The van der Waals surface area contributed by atoms with Crippen molar-refractivity contribution in [1.29, 1.82) is 0 Å². The number of rotatable bonds is 6. The first-order valence-electron chi connectivity index (χ1n) is 6.35. The van der Waals surface area contributed by atoms with Crippen molar-refractivity contribution in [1.82, 2.24) is 9.80 Å². The Kier molecular flexibility index (Phi) is 5.88. The summed E-state index contributed by atoms with van der Waals surface area (Å²) < 4.78 is 4.89. The van der Waals surface area contributed by atoms with Crippen LogP contribution in [-0.2, 0) is 9.53 Å². The van der Waals surface area contributed by atoms with Crippen molar-refractivity contribution in [2.24, 2.45) is 5.73 Å². The van der Waals surface area contributed by atoms with E-state index in [-0.39, 0.29) is 5.97 Å². The summed E-state index contributed by atoms with van der Waals surface area (Å²) in [7, 11) is 4.15. The SMILES string of the molecule is CCOC(=O)C(N)CN(C)CC1CCCN1C. The molecule has 0 aromatic rings. The lowest BCUT2D eigenvalue weighted by Crippen LogP contribution is -2.45. The third-order valence-corrected chi connectivity index (χ3v) is 3.29. The second-order valence-corrected chi connectivity index (χ2v) is 4.86. The maximum atomic E-state index is 11.4. The molecule has 1 aliphatic heterocycles. The van der Waals surface area contributed by atoms with Crippen LogP contribution in [0.4, 0.5) is 0 Å². The van der Waals surface area contributed by atoms with Gasteiger partial charge in [-0.25, -0.2) is 0 Å². The van der Waals surface area contributed by atoms with Crippen LogP contribution < -0.4 is 5.73 Å². The van der Waals surface area contributed by atoms with Crippen LogP contribution in [0.5, 0.6) is 0 Å². The van der Waals surface area contributed by atoms with Crippen LogP contribution in [0.15, 0.2) is 0 Å². The Balaban J connectivity index is 2.28. The van der Waals surface area contributed by atoms with Gasteiger partial charge in [0.05, 0.1) is 6.61 Å². The molecule has 1 fully saturated rings. The van der Waals surface area contributed by atoms with Gasteiger partial charge in [0, 0.05) is 19.1 Å². The molecule has 0 bridgehead atoms. The Bertz CT molecular complexity index is 248. The Morgan fingerprint density at radius 3 is 2.88 bits per heavy atom. The van der Waals surface area contributed by atoms with Crippen molar-refractivity contribution in [3.63, 3.8) is 0 Å². The monoisotopic (exact) mass is 243 g/mol. The van der Waals surface area contributed by atoms with E-state index in [2.05, 4.69) is 16.8 Å². The number of ether oxygens (including phenoxy) is 1. The molecule has 17 heavy (non-hydrogen) atoms. The molecule has 0 radical (unpaired) electrons. The topological polar surface area (TPSA) is 58.8 Å². The standard InChI is InChI=1S/C12H25N3O2/c1-4-17-12(16)11(13)9-14(2)8-10-6-5-7-15(10)3/h10-11H,4-9,13H2,1-3H3. The Hall–Kier alpha value is -0.650. The van der Waals surface area contributed by atoms with E-state index >= 15 is 0 Å². The summed E-state index contributed by atoms with van der Waals surface area (Å²) in [5, 5.41) is 0. The summed E-state index contributed by atoms with van der Waals surface area (Å²) in [5.41, 5.74) is 5.78. The van der Waals surface area contributed by atoms with Gasteiger partial charge in [-0.3, -0.25) is 4.79 Å². The van der Waals surface area contributed by atoms with Crippen molar-refractivity contribution in [2.75, 3.05) is 40.3 Å². The fourth-order valence-electron chi connectivity index (χ4n) is 2.30. The number of nitrogens with zero attached hydrogens (tertiary/aromatic N) is 2. The first kappa shape index (κ1) is 14.4. The molecule has 0 aliphatic carbocycles. The van der Waals surface area contributed by atoms with Crippen molar-refractivity contribution < 1.29 is 9.53 Å². The van der Waals surface area contributed by atoms with E-state index < -0.39 is 6.04 Å². The summed E-state index contributed by atoms with van der Waals surface area (Å²) >= 11 is 0. The molecule has 5 nitrogen and oxygen atoms in total. The molecule has 1 rings (SSSR count). The number of likely N-dealkylation sites (N-methyl/N-ethyl adjacent to an activating group) is 2. The first-order valence-corrected chi connectivity index (χ1v) is 6.35. The van der Waals surface area contributed by atoms with Gasteiger partial charge in [-0.15, -0.1) is 0 Å². The number of esters is 1. The fraction of sp³-hybridized carbons (Fsp3) is 0.917. The number of hydrogen-bond acceptors (Lipinski definition) is 5. The van der Waals surface area contributed by atoms with Gasteiger partial charge >= 0.3 is 5.97 Å². The van der Waals surface area contributed by atoms with E-state index in [1.807, 2.05) is 7.05 Å². The highest BCUT2D eigenvalue weighted by atomic mass is 16.5. The Labute approximate surface area is 104 Å². The maximum Gasteiger partial charge on any atom is 0.324 e. The highest BCUT2D eigenvalue weighted by Gasteiger charge is 2.24. The predicted octanol–water partition coefficient (Wildman–Crippen LogP) is -0.0972. The molecule has 1 saturated heterocycles. The van der Waals surface area contributed by atoms with Crippen molar-refractivity contribution in [2.45, 2.75) is 31.8 Å². The van der Waals surface area contributed by atoms with Crippen LogP contribution in [0.25, 0.3) is 0 Å². The van der Waals surface area contributed by atoms with E-state index in [1.54, 1.807) is 6.92 Å². The summed E-state index contributed by atoms with van der Waals surface area (Å²) in [4.78, 5) is 15.9. The zero-order valence-electron chi connectivity index (χ0n) is 11.2. The maximum absolute atomic E-state index is 11.4. The molecular weight excluding hydrogens is 218 g/mol. The molecule has 0 amide bonds. The highest BCUT2D eigenvalue weighted by molar-refractivity contribution is 5.75. The largest absolute Gasteiger partial charge is 0.465 e. The van der Waals surface area contributed by atoms with Gasteiger partial charge in [0.15, 0.2) is 0 Å². The third kappa shape index (κ3) is 4.61. The van der Waals surface area contributed by atoms with Gasteiger partial charge in [0.25, 0.3) is 0 Å². The van der Waals surface area contributed by atoms with Crippen LogP contribution in [0.2, 0.25) is 0 Å². The van der Waals surface area contributed by atoms with E-state index in [0.29, 0.717) is 19.2 Å². The van der Waals surface area contributed by atoms with E-state index in [1.165, 1.54) is 19.4 Å². The molecular formula is C12H25N3O2. The van der Waals surface area contributed by atoms with Crippen LogP contribution >= 0.6 is 0 Å². The molecule has 100 valence electrons. The average molecular weight is 243 g/mol. The molecule has 0 spiro atoms. The van der Waals surface area contributed by atoms with Gasteiger partial charge in [0.1, 0.15) is 6.04 Å². The van der Waals surface area contributed by atoms with Gasteiger partial charge in [0.2, 0.25) is 0 Å². The predicted molar refractivity (Wildman–Crippen MR) is 67.8 cm³/mol. The molecule has 1 aliphatic rings. The molecule has 2 N–H and O–H groups in total. The summed E-state index contributed by atoms with van der Waals surface area (Å²) in [6, 6.07) is 0.0565. The fourth-order valence-corrected chi connectivity index (χ4v) is 2.30. The minimum absolute atomic E-state index is 0.306. The van der Waals surface area contributed by atoms with Crippen molar-refractivity contribution in [3.05, 3.63) is 0 Å². The van der Waals surface area contributed by atoms with Gasteiger partial charge in [-0.2, -0.15) is 0 Å². The van der Waals surface area contributed by atoms with E-state index in [4.69, 9.17) is 10.5 Å². The molecule has 2 unspecified atom stereocenters. The zero-order valence-corrected chi connectivity index (χ0v) is 11.2. The van der Waals surface area contributed by atoms with Crippen LogP contribution in [-0.4, -0.2) is 68.2 Å². The molecule has 5 heteroatoms. The zero-order chi connectivity index (χ0) is 12.8. The number of carbonyl (C=O) groups is 1. The van der Waals surface area contributed by atoms with Crippen LogP contribution in [0.3, 0.4) is 0 Å². The highest BCUT2D eigenvalue weighted by Crippen LogP contribution is 2.15. The third-order valence-electron chi connectivity index (χ3n) is 3.29. The van der Waals surface area contributed by atoms with E-state index in [9.17, 15) is 4.79 Å². The molecule has 1 heterocycles. The smallest absolute Gasteiger partial charge is 0.324 e. The van der Waals surface area contributed by atoms with Gasteiger partial charge in [-0.05, 0) is 40.4 Å². The second-order valence-electron chi connectivity index (χ2n) is 4.86. The van der Waals surface area contributed by atoms with Crippen LogP contribution in [0, 0.1) is 0 Å².